The maximum absolute atomic E-state index is 5.85. The number of hydrogen-bond donors (Lipinski definition) is 1. The number of anilines is 3. The number of rotatable bonds is 2. The van der Waals surface area contributed by atoms with Crippen LogP contribution in [0.1, 0.15) is 5.69 Å². The minimum atomic E-state index is 0.824. The summed E-state index contributed by atoms with van der Waals surface area (Å²) in [6.07, 6.45) is 0. The molecule has 0 atom stereocenters. The van der Waals surface area contributed by atoms with Crippen molar-refractivity contribution in [1.29, 1.82) is 0 Å². The van der Waals surface area contributed by atoms with Crippen LogP contribution in [0, 0.1) is 6.92 Å². The molecule has 2 N–H and O–H groups in total. The number of piperazine rings is 1. The summed E-state index contributed by atoms with van der Waals surface area (Å²) in [7, 11) is 0. The summed E-state index contributed by atoms with van der Waals surface area (Å²) in [4.78, 5) is 9.32. The van der Waals surface area contributed by atoms with Crippen molar-refractivity contribution in [2.24, 2.45) is 0 Å². The molecule has 0 amide bonds. The molecule has 2 aromatic rings. The van der Waals surface area contributed by atoms with Crippen molar-refractivity contribution in [2.75, 3.05) is 41.7 Å². The fraction of sp³-hybridized carbons (Fsp3) is 0.312. The first-order valence-corrected chi connectivity index (χ1v) is 7.01. The molecule has 0 aliphatic carbocycles. The van der Waals surface area contributed by atoms with E-state index >= 15 is 0 Å². The molecular formula is C16H20N4. The van der Waals surface area contributed by atoms with Crippen LogP contribution in [0.15, 0.2) is 42.5 Å². The highest BCUT2D eigenvalue weighted by Crippen LogP contribution is 2.21. The van der Waals surface area contributed by atoms with Crippen molar-refractivity contribution in [3.05, 3.63) is 48.2 Å². The van der Waals surface area contributed by atoms with E-state index in [1.165, 1.54) is 5.69 Å². The van der Waals surface area contributed by atoms with Gasteiger partial charge in [-0.2, -0.15) is 0 Å². The smallest absolute Gasteiger partial charge is 0.128 e. The zero-order valence-electron chi connectivity index (χ0n) is 11.8. The van der Waals surface area contributed by atoms with Crippen molar-refractivity contribution >= 4 is 17.2 Å². The Morgan fingerprint density at radius 1 is 0.950 bits per heavy atom. The van der Waals surface area contributed by atoms with E-state index in [1.807, 2.05) is 31.2 Å². The molecule has 3 rings (SSSR count). The second kappa shape index (κ2) is 5.41. The zero-order valence-corrected chi connectivity index (χ0v) is 11.8. The lowest BCUT2D eigenvalue weighted by atomic mass is 10.2. The molecule has 4 nitrogen and oxygen atoms in total. The number of hydrogen-bond acceptors (Lipinski definition) is 4. The molecule has 104 valence electrons. The van der Waals surface area contributed by atoms with Crippen LogP contribution in [0.4, 0.5) is 17.2 Å². The molecule has 2 heterocycles. The predicted molar refractivity (Wildman–Crippen MR) is 84.3 cm³/mol. The molecule has 0 bridgehead atoms. The van der Waals surface area contributed by atoms with Crippen molar-refractivity contribution in [3.8, 4) is 0 Å². The Hall–Kier alpha value is -2.23. The Morgan fingerprint density at radius 3 is 2.35 bits per heavy atom. The average Bonchev–Trinajstić information content (AvgIpc) is 2.47. The number of benzene rings is 1. The maximum Gasteiger partial charge on any atom is 0.128 e. The normalized spacial score (nSPS) is 15.4. The summed E-state index contributed by atoms with van der Waals surface area (Å²) in [5.74, 6) is 1.08. The Morgan fingerprint density at radius 2 is 1.65 bits per heavy atom. The van der Waals surface area contributed by atoms with Gasteiger partial charge in [-0.15, -0.1) is 0 Å². The first-order chi connectivity index (χ1) is 9.72. The van der Waals surface area contributed by atoms with Gasteiger partial charge in [0, 0.05) is 43.2 Å². The third kappa shape index (κ3) is 2.69. The minimum Gasteiger partial charge on any atom is -0.399 e. The first kappa shape index (κ1) is 12.8. The minimum absolute atomic E-state index is 0.824. The molecule has 0 radical (unpaired) electrons. The van der Waals surface area contributed by atoms with E-state index in [9.17, 15) is 0 Å². The van der Waals surface area contributed by atoms with Gasteiger partial charge in [0.2, 0.25) is 0 Å². The predicted octanol–water partition coefficient (Wildman–Crippen LogP) is 2.30. The average molecular weight is 268 g/mol. The number of pyridine rings is 1. The SMILES string of the molecule is Cc1cccc(N2CCN(c3cccc(N)c3)CC2)n1. The second-order valence-corrected chi connectivity index (χ2v) is 5.21. The Kier molecular flexibility index (Phi) is 3.46. The molecule has 1 aromatic heterocycles. The molecule has 0 unspecified atom stereocenters. The zero-order chi connectivity index (χ0) is 13.9. The van der Waals surface area contributed by atoms with Crippen molar-refractivity contribution < 1.29 is 0 Å². The quantitative estimate of drug-likeness (QED) is 0.849. The van der Waals surface area contributed by atoms with Crippen LogP contribution in [0.25, 0.3) is 0 Å². The number of nitrogen functional groups attached to an aromatic ring is 1. The van der Waals surface area contributed by atoms with E-state index in [4.69, 9.17) is 5.73 Å². The second-order valence-electron chi connectivity index (χ2n) is 5.21. The molecule has 1 aliphatic heterocycles. The van der Waals surface area contributed by atoms with Gasteiger partial charge < -0.3 is 15.5 Å². The summed E-state index contributed by atoms with van der Waals surface area (Å²) in [6, 6.07) is 14.3. The van der Waals surface area contributed by atoms with Crippen LogP contribution >= 0.6 is 0 Å². The summed E-state index contributed by atoms with van der Waals surface area (Å²) >= 11 is 0. The number of aryl methyl sites for hydroxylation is 1. The van der Waals surface area contributed by atoms with Crippen LogP contribution in [-0.4, -0.2) is 31.2 Å². The molecule has 1 saturated heterocycles. The molecular weight excluding hydrogens is 248 g/mol. The van der Waals surface area contributed by atoms with Gasteiger partial charge in [0.15, 0.2) is 0 Å². The number of aromatic nitrogens is 1. The fourth-order valence-electron chi connectivity index (χ4n) is 2.62. The monoisotopic (exact) mass is 268 g/mol. The largest absolute Gasteiger partial charge is 0.399 e. The van der Waals surface area contributed by atoms with Crippen LogP contribution in [-0.2, 0) is 0 Å². The summed E-state index contributed by atoms with van der Waals surface area (Å²) in [5.41, 5.74) is 8.96. The van der Waals surface area contributed by atoms with Crippen molar-refractivity contribution in [3.63, 3.8) is 0 Å². The lowest BCUT2D eigenvalue weighted by Crippen LogP contribution is -2.46. The van der Waals surface area contributed by atoms with Crippen LogP contribution < -0.4 is 15.5 Å². The topological polar surface area (TPSA) is 45.4 Å². The molecule has 20 heavy (non-hydrogen) atoms. The summed E-state index contributed by atoms with van der Waals surface area (Å²) in [6.45, 7) is 6.02. The van der Waals surface area contributed by atoms with Crippen molar-refractivity contribution in [1.82, 2.24) is 4.98 Å². The molecule has 1 aromatic carbocycles. The lowest BCUT2D eigenvalue weighted by Gasteiger charge is -2.36. The van der Waals surface area contributed by atoms with Gasteiger partial charge >= 0.3 is 0 Å². The van der Waals surface area contributed by atoms with Crippen LogP contribution in [0.3, 0.4) is 0 Å². The molecule has 0 saturated carbocycles. The molecule has 0 spiro atoms. The van der Waals surface area contributed by atoms with E-state index in [0.717, 1.165) is 43.4 Å². The number of nitrogens with zero attached hydrogens (tertiary/aromatic N) is 3. The lowest BCUT2D eigenvalue weighted by molar-refractivity contribution is 0.647. The Bertz CT molecular complexity index is 535. The highest BCUT2D eigenvalue weighted by Gasteiger charge is 2.18. The standard InChI is InChI=1S/C16H20N4/c1-13-4-2-7-16(18-13)20-10-8-19(9-11-20)15-6-3-5-14(17)12-15/h2-7,12H,8-11,17H2,1H3. The van der Waals surface area contributed by atoms with Gasteiger partial charge in [0.05, 0.1) is 0 Å². The van der Waals surface area contributed by atoms with E-state index in [0.29, 0.717) is 0 Å². The summed E-state index contributed by atoms with van der Waals surface area (Å²) in [5, 5.41) is 0. The van der Waals surface area contributed by atoms with Gasteiger partial charge in [-0.3, -0.25) is 0 Å². The molecule has 1 fully saturated rings. The summed E-state index contributed by atoms with van der Waals surface area (Å²) < 4.78 is 0. The van der Waals surface area contributed by atoms with E-state index in [1.54, 1.807) is 0 Å². The fourth-order valence-corrected chi connectivity index (χ4v) is 2.62. The first-order valence-electron chi connectivity index (χ1n) is 7.01. The van der Waals surface area contributed by atoms with Gasteiger partial charge in [-0.25, -0.2) is 4.98 Å². The Labute approximate surface area is 119 Å². The van der Waals surface area contributed by atoms with Gasteiger partial charge in [0.25, 0.3) is 0 Å². The van der Waals surface area contributed by atoms with Crippen LogP contribution in [0.5, 0.6) is 0 Å². The van der Waals surface area contributed by atoms with Gasteiger partial charge in [-0.05, 0) is 37.3 Å². The van der Waals surface area contributed by atoms with Gasteiger partial charge in [-0.1, -0.05) is 12.1 Å². The third-order valence-corrected chi connectivity index (χ3v) is 3.71. The van der Waals surface area contributed by atoms with E-state index in [2.05, 4.69) is 33.0 Å². The van der Waals surface area contributed by atoms with E-state index in [-0.39, 0.29) is 0 Å². The highest BCUT2D eigenvalue weighted by atomic mass is 15.3. The molecule has 4 heteroatoms. The van der Waals surface area contributed by atoms with Crippen LogP contribution in [0.2, 0.25) is 0 Å². The van der Waals surface area contributed by atoms with Gasteiger partial charge in [0.1, 0.15) is 5.82 Å². The van der Waals surface area contributed by atoms with Crippen molar-refractivity contribution in [2.45, 2.75) is 6.92 Å². The van der Waals surface area contributed by atoms with E-state index < -0.39 is 0 Å². The Balaban J connectivity index is 1.68. The molecule has 1 aliphatic rings. The number of nitrogens with two attached hydrogens (primary N) is 1. The highest BCUT2D eigenvalue weighted by molar-refractivity contribution is 5.57. The third-order valence-electron chi connectivity index (χ3n) is 3.71. The maximum atomic E-state index is 5.85.